The molecule has 0 radical (unpaired) electrons. The third-order valence-electron chi connectivity index (χ3n) is 3.34. The van der Waals surface area contributed by atoms with Crippen molar-refractivity contribution in [3.63, 3.8) is 0 Å². The summed E-state index contributed by atoms with van der Waals surface area (Å²) >= 11 is 1.66. The van der Waals surface area contributed by atoms with Crippen molar-refractivity contribution in [2.24, 2.45) is 0 Å². The second kappa shape index (κ2) is 5.63. The fourth-order valence-corrected chi connectivity index (χ4v) is 3.08. The Kier molecular flexibility index (Phi) is 3.69. The van der Waals surface area contributed by atoms with Gasteiger partial charge < -0.3 is 10.2 Å². The number of nitrogens with zero attached hydrogens (tertiary/aromatic N) is 2. The van der Waals surface area contributed by atoms with Crippen LogP contribution in [0, 0.1) is 6.92 Å². The zero-order chi connectivity index (χ0) is 13.9. The summed E-state index contributed by atoms with van der Waals surface area (Å²) < 4.78 is 0. The van der Waals surface area contributed by atoms with Crippen LogP contribution in [0.25, 0.3) is 0 Å². The number of amides is 1. The maximum absolute atomic E-state index is 11.8. The summed E-state index contributed by atoms with van der Waals surface area (Å²) in [6, 6.07) is 8.02. The van der Waals surface area contributed by atoms with Crippen molar-refractivity contribution in [2.45, 2.75) is 26.3 Å². The van der Waals surface area contributed by atoms with Gasteiger partial charge in [0, 0.05) is 35.4 Å². The molecular weight excluding hydrogens is 270 g/mol. The third kappa shape index (κ3) is 2.82. The van der Waals surface area contributed by atoms with E-state index in [1.54, 1.807) is 11.3 Å². The van der Waals surface area contributed by atoms with Crippen molar-refractivity contribution in [1.29, 1.82) is 0 Å². The van der Waals surface area contributed by atoms with Crippen LogP contribution in [0.2, 0.25) is 0 Å². The highest BCUT2D eigenvalue weighted by Gasteiger charge is 2.21. The van der Waals surface area contributed by atoms with E-state index < -0.39 is 0 Å². The summed E-state index contributed by atoms with van der Waals surface area (Å²) in [5.74, 6) is 0.220. The average molecular weight is 287 g/mol. The lowest BCUT2D eigenvalue weighted by atomic mass is 10.2. The Morgan fingerprint density at radius 3 is 3.05 bits per heavy atom. The molecule has 1 amide bonds. The Balaban J connectivity index is 1.69. The van der Waals surface area contributed by atoms with Gasteiger partial charge in [0.05, 0.1) is 6.54 Å². The summed E-state index contributed by atoms with van der Waals surface area (Å²) in [4.78, 5) is 18.1. The Labute approximate surface area is 122 Å². The van der Waals surface area contributed by atoms with Gasteiger partial charge in [0.25, 0.3) is 0 Å². The second-order valence-corrected chi connectivity index (χ2v) is 5.88. The third-order valence-corrected chi connectivity index (χ3v) is 4.31. The first-order chi connectivity index (χ1) is 9.72. The monoisotopic (exact) mass is 287 g/mol. The smallest absolute Gasteiger partial charge is 0.227 e. The number of carbonyl (C=O) groups excluding carboxylic acids is 1. The largest absolute Gasteiger partial charge is 0.378 e. The summed E-state index contributed by atoms with van der Waals surface area (Å²) in [7, 11) is 0. The number of aryl methyl sites for hydroxylation is 1. The molecule has 0 unspecified atom stereocenters. The maximum Gasteiger partial charge on any atom is 0.227 e. The van der Waals surface area contributed by atoms with Gasteiger partial charge in [0.2, 0.25) is 5.91 Å². The van der Waals surface area contributed by atoms with Gasteiger partial charge in [-0.3, -0.25) is 4.79 Å². The minimum Gasteiger partial charge on any atom is -0.378 e. The van der Waals surface area contributed by atoms with Crippen molar-refractivity contribution in [3.8, 4) is 0 Å². The number of nitrogens with one attached hydrogen (secondary N) is 1. The van der Waals surface area contributed by atoms with Gasteiger partial charge >= 0.3 is 0 Å². The number of hydrogen-bond acceptors (Lipinski definition) is 4. The van der Waals surface area contributed by atoms with Crippen molar-refractivity contribution in [1.82, 2.24) is 4.98 Å². The Hall–Kier alpha value is -1.88. The molecular formula is C15H17N3OS. The van der Waals surface area contributed by atoms with Gasteiger partial charge in [0.1, 0.15) is 5.01 Å². The second-order valence-electron chi connectivity index (χ2n) is 4.94. The fourth-order valence-electron chi connectivity index (χ4n) is 2.37. The van der Waals surface area contributed by atoms with Gasteiger partial charge in [-0.2, -0.15) is 0 Å². The summed E-state index contributed by atoms with van der Waals surface area (Å²) in [5.41, 5.74) is 3.06. The Morgan fingerprint density at radius 2 is 2.35 bits per heavy atom. The molecule has 2 aromatic rings. The van der Waals surface area contributed by atoms with Crippen molar-refractivity contribution in [2.75, 3.05) is 16.8 Å². The van der Waals surface area contributed by atoms with E-state index >= 15 is 0 Å². The van der Waals surface area contributed by atoms with Crippen LogP contribution in [0.15, 0.2) is 29.6 Å². The van der Waals surface area contributed by atoms with Gasteiger partial charge in [-0.05, 0) is 31.5 Å². The van der Waals surface area contributed by atoms with E-state index in [-0.39, 0.29) is 5.91 Å². The molecule has 1 fully saturated rings. The number of thiazole rings is 1. The zero-order valence-electron chi connectivity index (χ0n) is 11.4. The molecule has 1 aromatic heterocycles. The highest BCUT2D eigenvalue weighted by molar-refractivity contribution is 7.09. The first kappa shape index (κ1) is 13.1. The number of hydrogen-bond donors (Lipinski definition) is 1. The highest BCUT2D eigenvalue weighted by Crippen LogP contribution is 2.24. The molecule has 3 rings (SSSR count). The molecule has 5 heteroatoms. The molecule has 1 aromatic carbocycles. The number of aromatic nitrogens is 1. The molecule has 1 aliphatic rings. The van der Waals surface area contributed by atoms with E-state index in [9.17, 15) is 4.79 Å². The van der Waals surface area contributed by atoms with Crippen molar-refractivity contribution < 1.29 is 4.79 Å². The Bertz CT molecular complexity index is 623. The van der Waals surface area contributed by atoms with Crippen LogP contribution < -0.4 is 10.2 Å². The normalized spacial score (nSPS) is 14.8. The highest BCUT2D eigenvalue weighted by atomic mass is 32.1. The van der Waals surface area contributed by atoms with Gasteiger partial charge in [-0.25, -0.2) is 4.98 Å². The first-order valence-corrected chi connectivity index (χ1v) is 7.65. The SMILES string of the molecule is Cc1csc(CNc2cccc(N3CCCC3=O)c2)n1. The predicted molar refractivity (Wildman–Crippen MR) is 82.2 cm³/mol. The molecule has 0 saturated carbocycles. The first-order valence-electron chi connectivity index (χ1n) is 6.78. The minimum atomic E-state index is 0.220. The van der Waals surface area contributed by atoms with Crippen LogP contribution >= 0.6 is 11.3 Å². The van der Waals surface area contributed by atoms with Crippen LogP contribution in [0.5, 0.6) is 0 Å². The fraction of sp³-hybridized carbons (Fsp3) is 0.333. The Morgan fingerprint density at radius 1 is 1.45 bits per heavy atom. The topological polar surface area (TPSA) is 45.2 Å². The molecule has 20 heavy (non-hydrogen) atoms. The van der Waals surface area contributed by atoms with Crippen LogP contribution in [-0.2, 0) is 11.3 Å². The molecule has 0 spiro atoms. The van der Waals surface area contributed by atoms with Crippen molar-refractivity contribution in [3.05, 3.63) is 40.3 Å². The molecule has 0 aliphatic carbocycles. The number of anilines is 2. The number of carbonyl (C=O) groups is 1. The van der Waals surface area contributed by atoms with E-state index in [0.29, 0.717) is 6.42 Å². The molecule has 1 N–H and O–H groups in total. The summed E-state index contributed by atoms with van der Waals surface area (Å²) in [5, 5.41) is 6.49. The van der Waals surface area contributed by atoms with E-state index in [2.05, 4.69) is 15.7 Å². The van der Waals surface area contributed by atoms with Gasteiger partial charge in [-0.1, -0.05) is 6.07 Å². The van der Waals surface area contributed by atoms with Crippen molar-refractivity contribution >= 4 is 28.6 Å². The lowest BCUT2D eigenvalue weighted by Gasteiger charge is -2.16. The molecule has 4 nitrogen and oxygen atoms in total. The molecule has 2 heterocycles. The molecule has 0 bridgehead atoms. The van der Waals surface area contributed by atoms with Crippen LogP contribution in [-0.4, -0.2) is 17.4 Å². The minimum absolute atomic E-state index is 0.220. The number of rotatable bonds is 4. The molecule has 104 valence electrons. The quantitative estimate of drug-likeness (QED) is 0.939. The zero-order valence-corrected chi connectivity index (χ0v) is 12.2. The molecule has 1 aliphatic heterocycles. The predicted octanol–water partition coefficient (Wildman–Crippen LogP) is 3.19. The van der Waals surface area contributed by atoms with E-state index in [4.69, 9.17) is 0 Å². The van der Waals surface area contributed by atoms with Crippen LogP contribution in [0.1, 0.15) is 23.5 Å². The lowest BCUT2D eigenvalue weighted by molar-refractivity contribution is -0.117. The number of benzene rings is 1. The van der Waals surface area contributed by atoms with Crippen LogP contribution in [0.3, 0.4) is 0 Å². The summed E-state index contributed by atoms with van der Waals surface area (Å²) in [6.45, 7) is 3.55. The van der Waals surface area contributed by atoms with Crippen LogP contribution in [0.4, 0.5) is 11.4 Å². The molecule has 1 saturated heterocycles. The maximum atomic E-state index is 11.8. The van der Waals surface area contributed by atoms with E-state index in [0.717, 1.165) is 41.6 Å². The standard InChI is InChI=1S/C15H17N3OS/c1-11-10-20-14(17-11)9-16-12-4-2-5-13(8-12)18-7-3-6-15(18)19/h2,4-5,8,10,16H,3,6-7,9H2,1H3. The average Bonchev–Trinajstić information content (AvgIpc) is 3.05. The van der Waals surface area contributed by atoms with Gasteiger partial charge in [0.15, 0.2) is 0 Å². The lowest BCUT2D eigenvalue weighted by Crippen LogP contribution is -2.23. The van der Waals surface area contributed by atoms with Gasteiger partial charge in [-0.15, -0.1) is 11.3 Å². The summed E-state index contributed by atoms with van der Waals surface area (Å²) in [6.07, 6.45) is 1.62. The molecule has 0 atom stereocenters. The van der Waals surface area contributed by atoms with E-state index in [1.807, 2.05) is 36.1 Å². The van der Waals surface area contributed by atoms with E-state index in [1.165, 1.54) is 0 Å².